The maximum absolute atomic E-state index is 11.4. The van der Waals surface area contributed by atoms with Crippen molar-refractivity contribution in [3.63, 3.8) is 0 Å². The molecule has 6 heteroatoms. The number of hydrogen-bond acceptors (Lipinski definition) is 4. The fraction of sp³-hybridized carbons (Fsp3) is 1.00. The third-order valence-electron chi connectivity index (χ3n) is 2.46. The van der Waals surface area contributed by atoms with Crippen LogP contribution in [0.15, 0.2) is 0 Å². The molecule has 0 bridgehead atoms. The monoisotopic (exact) mass is 227 g/mol. The van der Waals surface area contributed by atoms with E-state index in [4.69, 9.17) is 4.74 Å². The van der Waals surface area contributed by atoms with Crippen LogP contribution in [-0.4, -0.2) is 38.8 Å². The Morgan fingerprint density at radius 1 is 1.38 bits per heavy atom. The molecule has 0 aromatic carbocycles. The van der Waals surface area contributed by atoms with Crippen LogP contribution in [0.25, 0.3) is 0 Å². The van der Waals surface area contributed by atoms with Crippen LogP contribution in [0.1, 0.15) is 12.8 Å². The Morgan fingerprint density at radius 2 is 2.15 bits per heavy atom. The highest BCUT2D eigenvalue weighted by atomic mass is 35.5. The summed E-state index contributed by atoms with van der Waals surface area (Å²) in [6, 6.07) is 0. The number of halogens is 1. The van der Waals surface area contributed by atoms with Crippen LogP contribution in [0.2, 0.25) is 0 Å². The molecule has 0 spiro atoms. The van der Waals surface area contributed by atoms with E-state index in [1.165, 1.54) is 0 Å². The summed E-state index contributed by atoms with van der Waals surface area (Å²) in [4.78, 5) is 0. The third-order valence-corrected chi connectivity index (χ3v) is 4.72. The summed E-state index contributed by atoms with van der Waals surface area (Å²) >= 11 is 0. The minimum absolute atomic E-state index is 0. The molecule has 2 unspecified atom stereocenters. The van der Waals surface area contributed by atoms with Gasteiger partial charge < -0.3 is 4.74 Å². The first-order valence-electron chi connectivity index (χ1n) is 4.27. The molecule has 2 aliphatic rings. The second-order valence-corrected chi connectivity index (χ2v) is 5.63. The van der Waals surface area contributed by atoms with Crippen LogP contribution in [0, 0.1) is 0 Å². The summed E-state index contributed by atoms with van der Waals surface area (Å²) in [6.45, 7) is 1.41. The standard InChI is InChI=1S/C7H13NO3S.ClH/c9-12(10)5-1-2-6(12)7-8-3-4-11-7;/h6-8H,1-5H2;1H. The summed E-state index contributed by atoms with van der Waals surface area (Å²) in [7, 11) is -2.86. The molecule has 0 aromatic heterocycles. The Hall–Kier alpha value is 0.160. The normalized spacial score (nSPS) is 37.2. The van der Waals surface area contributed by atoms with Crippen LogP contribution in [0.3, 0.4) is 0 Å². The van der Waals surface area contributed by atoms with E-state index < -0.39 is 9.84 Å². The van der Waals surface area contributed by atoms with Gasteiger partial charge in [0.2, 0.25) is 0 Å². The van der Waals surface area contributed by atoms with Crippen molar-refractivity contribution >= 4 is 22.2 Å². The van der Waals surface area contributed by atoms with E-state index >= 15 is 0 Å². The number of nitrogens with one attached hydrogen (secondary N) is 1. The molecule has 13 heavy (non-hydrogen) atoms. The van der Waals surface area contributed by atoms with Gasteiger partial charge in [0.1, 0.15) is 11.5 Å². The Bertz CT molecular complexity index is 261. The molecule has 2 rings (SSSR count). The van der Waals surface area contributed by atoms with E-state index in [9.17, 15) is 8.42 Å². The zero-order valence-corrected chi connectivity index (χ0v) is 8.86. The minimum atomic E-state index is -2.86. The summed E-state index contributed by atoms with van der Waals surface area (Å²) in [6.07, 6.45) is 1.30. The topological polar surface area (TPSA) is 55.4 Å². The summed E-state index contributed by atoms with van der Waals surface area (Å²) in [5.74, 6) is 0.333. The van der Waals surface area contributed by atoms with Crippen LogP contribution < -0.4 is 5.32 Å². The van der Waals surface area contributed by atoms with E-state index in [2.05, 4.69) is 5.32 Å². The molecule has 0 radical (unpaired) electrons. The molecule has 0 aromatic rings. The lowest BCUT2D eigenvalue weighted by Gasteiger charge is -2.16. The smallest absolute Gasteiger partial charge is 0.157 e. The molecular weight excluding hydrogens is 214 g/mol. The van der Waals surface area contributed by atoms with Crippen molar-refractivity contribution in [1.29, 1.82) is 0 Å². The first kappa shape index (κ1) is 11.2. The first-order chi connectivity index (χ1) is 5.70. The van der Waals surface area contributed by atoms with Gasteiger partial charge in [0.05, 0.1) is 12.4 Å². The maximum atomic E-state index is 11.4. The van der Waals surface area contributed by atoms with Gasteiger partial charge in [-0.25, -0.2) is 8.42 Å². The molecule has 0 amide bonds. The van der Waals surface area contributed by atoms with E-state index in [1.807, 2.05) is 0 Å². The summed E-state index contributed by atoms with van der Waals surface area (Å²) in [5.41, 5.74) is 0. The maximum Gasteiger partial charge on any atom is 0.157 e. The Balaban J connectivity index is 0.000000845. The largest absolute Gasteiger partial charge is 0.361 e. The lowest BCUT2D eigenvalue weighted by molar-refractivity contribution is 0.0968. The van der Waals surface area contributed by atoms with Crippen LogP contribution in [-0.2, 0) is 14.6 Å². The first-order valence-corrected chi connectivity index (χ1v) is 5.98. The average Bonchev–Trinajstić information content (AvgIpc) is 2.55. The van der Waals surface area contributed by atoms with Crippen molar-refractivity contribution in [1.82, 2.24) is 5.32 Å². The fourth-order valence-corrected chi connectivity index (χ4v) is 3.79. The molecule has 1 N–H and O–H groups in total. The van der Waals surface area contributed by atoms with Gasteiger partial charge in [-0.2, -0.15) is 0 Å². The van der Waals surface area contributed by atoms with Crippen molar-refractivity contribution < 1.29 is 13.2 Å². The number of rotatable bonds is 1. The average molecular weight is 228 g/mol. The quantitative estimate of drug-likeness (QED) is 0.682. The molecule has 2 fully saturated rings. The van der Waals surface area contributed by atoms with Gasteiger partial charge in [-0.3, -0.25) is 5.32 Å². The van der Waals surface area contributed by atoms with Crippen molar-refractivity contribution in [3.05, 3.63) is 0 Å². The highest BCUT2D eigenvalue weighted by Crippen LogP contribution is 2.24. The van der Waals surface area contributed by atoms with Crippen molar-refractivity contribution in [2.24, 2.45) is 0 Å². The molecular formula is C7H14ClNO3S. The second kappa shape index (κ2) is 4.13. The number of ether oxygens (including phenoxy) is 1. The van der Waals surface area contributed by atoms with Crippen molar-refractivity contribution in [2.45, 2.75) is 24.3 Å². The molecule has 0 saturated carbocycles. The van der Waals surface area contributed by atoms with Gasteiger partial charge in [0.15, 0.2) is 9.84 Å². The van der Waals surface area contributed by atoms with Gasteiger partial charge in [-0.15, -0.1) is 12.4 Å². The minimum Gasteiger partial charge on any atom is -0.361 e. The van der Waals surface area contributed by atoms with Gasteiger partial charge >= 0.3 is 0 Å². The van der Waals surface area contributed by atoms with E-state index in [1.54, 1.807) is 0 Å². The van der Waals surface area contributed by atoms with E-state index in [-0.39, 0.29) is 23.9 Å². The second-order valence-electron chi connectivity index (χ2n) is 3.29. The highest BCUT2D eigenvalue weighted by Gasteiger charge is 2.39. The molecule has 2 aliphatic heterocycles. The molecule has 0 aliphatic carbocycles. The Labute approximate surface area is 84.4 Å². The highest BCUT2D eigenvalue weighted by molar-refractivity contribution is 7.92. The lowest BCUT2D eigenvalue weighted by atomic mass is 10.2. The molecule has 4 nitrogen and oxygen atoms in total. The van der Waals surface area contributed by atoms with Crippen molar-refractivity contribution in [2.75, 3.05) is 18.9 Å². The zero-order chi connectivity index (χ0) is 8.60. The molecule has 2 atom stereocenters. The van der Waals surface area contributed by atoms with Gasteiger partial charge in [-0.05, 0) is 12.8 Å². The molecule has 78 valence electrons. The number of sulfone groups is 1. The third kappa shape index (κ3) is 2.15. The van der Waals surface area contributed by atoms with Crippen molar-refractivity contribution in [3.8, 4) is 0 Å². The lowest BCUT2D eigenvalue weighted by Crippen LogP contribution is -2.38. The number of hydrogen-bond donors (Lipinski definition) is 1. The predicted octanol–water partition coefficient (Wildman–Crippen LogP) is -0.0687. The van der Waals surface area contributed by atoms with Crippen LogP contribution in [0.5, 0.6) is 0 Å². The van der Waals surface area contributed by atoms with Crippen LogP contribution >= 0.6 is 12.4 Å². The summed E-state index contributed by atoms with van der Waals surface area (Å²) in [5, 5.41) is 2.76. The van der Waals surface area contributed by atoms with E-state index in [0.29, 0.717) is 12.4 Å². The molecule has 2 heterocycles. The fourth-order valence-electron chi connectivity index (χ4n) is 1.84. The van der Waals surface area contributed by atoms with Gasteiger partial charge in [-0.1, -0.05) is 0 Å². The van der Waals surface area contributed by atoms with Gasteiger partial charge in [0.25, 0.3) is 0 Å². The zero-order valence-electron chi connectivity index (χ0n) is 7.23. The molecule has 2 saturated heterocycles. The van der Waals surface area contributed by atoms with Gasteiger partial charge in [0, 0.05) is 6.54 Å². The van der Waals surface area contributed by atoms with E-state index in [0.717, 1.165) is 19.4 Å². The SMILES string of the molecule is Cl.O=S1(=O)CCCC1C1NCCO1. The summed E-state index contributed by atoms with van der Waals surface area (Å²) < 4.78 is 28.1. The predicted molar refractivity (Wildman–Crippen MR) is 51.8 cm³/mol. The Kier molecular flexibility index (Phi) is 3.57. The van der Waals surface area contributed by atoms with Crippen LogP contribution in [0.4, 0.5) is 0 Å². The Morgan fingerprint density at radius 3 is 2.62 bits per heavy atom.